The third-order valence-corrected chi connectivity index (χ3v) is 4.52. The van der Waals surface area contributed by atoms with Crippen molar-refractivity contribution in [1.82, 2.24) is 4.90 Å². The number of nitrogens with zero attached hydrogens (tertiary/aromatic N) is 1. The Labute approximate surface area is 124 Å². The van der Waals surface area contributed by atoms with E-state index in [2.05, 4.69) is 11.8 Å². The summed E-state index contributed by atoms with van der Waals surface area (Å²) in [5.74, 6) is 0.146. The first-order valence-electron chi connectivity index (χ1n) is 6.98. The summed E-state index contributed by atoms with van der Waals surface area (Å²) in [5.41, 5.74) is 6.78. The predicted octanol–water partition coefficient (Wildman–Crippen LogP) is 2.84. The van der Waals surface area contributed by atoms with Crippen molar-refractivity contribution >= 4 is 11.6 Å². The highest BCUT2D eigenvalue weighted by Gasteiger charge is 2.30. The zero-order valence-corrected chi connectivity index (χ0v) is 12.7. The van der Waals surface area contributed by atoms with E-state index in [-0.39, 0.29) is 17.2 Å². The van der Waals surface area contributed by atoms with E-state index in [1.54, 1.807) is 13.2 Å². The van der Waals surface area contributed by atoms with Gasteiger partial charge in [0, 0.05) is 26.2 Å². The molecule has 1 heterocycles. The molecule has 0 spiro atoms. The summed E-state index contributed by atoms with van der Waals surface area (Å²) >= 11 is 5.74. The first-order valence-corrected chi connectivity index (χ1v) is 7.36. The highest BCUT2D eigenvalue weighted by Crippen LogP contribution is 2.29. The van der Waals surface area contributed by atoms with Gasteiger partial charge in [0.25, 0.3) is 0 Å². The zero-order chi connectivity index (χ0) is 14.7. The maximum absolute atomic E-state index is 13.6. The molecule has 3 nitrogen and oxygen atoms in total. The van der Waals surface area contributed by atoms with Gasteiger partial charge in [-0.3, -0.25) is 4.90 Å². The number of piperidine rings is 1. The Morgan fingerprint density at radius 3 is 2.90 bits per heavy atom. The molecule has 20 heavy (non-hydrogen) atoms. The van der Waals surface area contributed by atoms with Gasteiger partial charge in [0.1, 0.15) is 5.82 Å². The number of halogens is 2. The predicted molar refractivity (Wildman–Crippen MR) is 79.4 cm³/mol. The molecular weight excluding hydrogens is 279 g/mol. The van der Waals surface area contributed by atoms with Gasteiger partial charge in [0.2, 0.25) is 0 Å². The van der Waals surface area contributed by atoms with Crippen LogP contribution in [0.1, 0.15) is 24.9 Å². The number of rotatable bonds is 4. The molecular formula is C15H22ClFN2O. The van der Waals surface area contributed by atoms with Crippen LogP contribution in [0.2, 0.25) is 5.02 Å². The number of likely N-dealkylation sites (tertiary alicyclic amines) is 1. The Morgan fingerprint density at radius 2 is 2.30 bits per heavy atom. The van der Waals surface area contributed by atoms with E-state index in [4.69, 9.17) is 22.1 Å². The second-order valence-electron chi connectivity index (χ2n) is 5.46. The minimum atomic E-state index is -0.392. The molecule has 2 N–H and O–H groups in total. The fourth-order valence-corrected chi connectivity index (χ4v) is 2.98. The highest BCUT2D eigenvalue weighted by molar-refractivity contribution is 6.30. The normalized spacial score (nSPS) is 25.6. The molecule has 0 bridgehead atoms. The van der Waals surface area contributed by atoms with Crippen LogP contribution < -0.4 is 5.73 Å². The number of methoxy groups -OCH3 is 1. The van der Waals surface area contributed by atoms with Crippen LogP contribution in [-0.2, 0) is 4.74 Å². The molecule has 1 fully saturated rings. The van der Waals surface area contributed by atoms with Gasteiger partial charge in [-0.1, -0.05) is 24.6 Å². The lowest BCUT2D eigenvalue weighted by molar-refractivity contribution is -0.0183. The summed E-state index contributed by atoms with van der Waals surface area (Å²) in [6, 6.07) is 4.93. The SMILES string of the molecule is COC1CN(C(CN)c2ccc(Cl)c(F)c2)CCC1C. The molecule has 0 radical (unpaired) electrons. The van der Waals surface area contributed by atoms with Crippen molar-refractivity contribution in [3.8, 4) is 0 Å². The number of benzene rings is 1. The summed E-state index contributed by atoms with van der Waals surface area (Å²) in [7, 11) is 1.74. The van der Waals surface area contributed by atoms with Crippen molar-refractivity contribution in [2.45, 2.75) is 25.5 Å². The van der Waals surface area contributed by atoms with Gasteiger partial charge in [-0.15, -0.1) is 0 Å². The van der Waals surface area contributed by atoms with Crippen LogP contribution in [-0.4, -0.2) is 37.7 Å². The van der Waals surface area contributed by atoms with E-state index in [1.165, 1.54) is 6.07 Å². The standard InChI is InChI=1S/C15H22ClFN2O/c1-10-5-6-19(9-15(10)20-2)14(8-18)11-3-4-12(16)13(17)7-11/h3-4,7,10,14-15H,5-6,8-9,18H2,1-2H3. The summed E-state index contributed by atoms with van der Waals surface area (Å²) in [6.45, 7) is 4.42. The van der Waals surface area contributed by atoms with E-state index in [0.717, 1.165) is 25.1 Å². The Balaban J connectivity index is 2.17. The van der Waals surface area contributed by atoms with Crippen LogP contribution in [0.25, 0.3) is 0 Å². The number of hydrogen-bond acceptors (Lipinski definition) is 3. The number of hydrogen-bond donors (Lipinski definition) is 1. The molecule has 0 amide bonds. The fraction of sp³-hybridized carbons (Fsp3) is 0.600. The summed E-state index contributed by atoms with van der Waals surface area (Å²) in [6.07, 6.45) is 1.26. The number of nitrogens with two attached hydrogens (primary N) is 1. The topological polar surface area (TPSA) is 38.5 Å². The van der Waals surface area contributed by atoms with Gasteiger partial charge in [0.05, 0.1) is 11.1 Å². The van der Waals surface area contributed by atoms with Crippen molar-refractivity contribution in [3.05, 3.63) is 34.6 Å². The maximum atomic E-state index is 13.6. The minimum absolute atomic E-state index is 0.00640. The van der Waals surface area contributed by atoms with Crippen molar-refractivity contribution < 1.29 is 9.13 Å². The molecule has 1 aromatic rings. The Hall–Kier alpha value is -0.680. The lowest BCUT2D eigenvalue weighted by Crippen LogP contribution is -2.47. The molecule has 5 heteroatoms. The van der Waals surface area contributed by atoms with Gasteiger partial charge < -0.3 is 10.5 Å². The van der Waals surface area contributed by atoms with E-state index >= 15 is 0 Å². The first-order chi connectivity index (χ1) is 9.56. The molecule has 1 aliphatic rings. The summed E-state index contributed by atoms with van der Waals surface area (Å²) in [5, 5.41) is 0.145. The lowest BCUT2D eigenvalue weighted by Gasteiger charge is -2.40. The monoisotopic (exact) mass is 300 g/mol. The molecule has 3 atom stereocenters. The molecule has 1 aromatic carbocycles. The van der Waals surface area contributed by atoms with Gasteiger partial charge in [-0.25, -0.2) is 4.39 Å². The van der Waals surface area contributed by atoms with Crippen molar-refractivity contribution in [3.63, 3.8) is 0 Å². The third-order valence-electron chi connectivity index (χ3n) is 4.22. The summed E-state index contributed by atoms with van der Waals surface area (Å²) < 4.78 is 19.2. The van der Waals surface area contributed by atoms with Gasteiger partial charge in [-0.05, 0) is 36.6 Å². The van der Waals surface area contributed by atoms with Crippen LogP contribution >= 0.6 is 11.6 Å². The molecule has 112 valence electrons. The Kier molecular flexibility index (Phi) is 5.38. The van der Waals surface area contributed by atoms with E-state index in [1.807, 2.05) is 6.07 Å². The Morgan fingerprint density at radius 1 is 1.55 bits per heavy atom. The third kappa shape index (κ3) is 3.31. The second-order valence-corrected chi connectivity index (χ2v) is 5.87. The molecule has 0 aliphatic carbocycles. The van der Waals surface area contributed by atoms with E-state index < -0.39 is 5.82 Å². The van der Waals surface area contributed by atoms with Crippen LogP contribution in [0.5, 0.6) is 0 Å². The fourth-order valence-electron chi connectivity index (χ4n) is 2.86. The summed E-state index contributed by atoms with van der Waals surface area (Å²) in [4.78, 5) is 2.27. The Bertz CT molecular complexity index is 457. The highest BCUT2D eigenvalue weighted by atomic mass is 35.5. The van der Waals surface area contributed by atoms with Crippen LogP contribution in [0, 0.1) is 11.7 Å². The van der Waals surface area contributed by atoms with Crippen molar-refractivity contribution in [2.24, 2.45) is 11.7 Å². The first kappa shape index (κ1) is 15.7. The van der Waals surface area contributed by atoms with Crippen LogP contribution in [0.3, 0.4) is 0 Å². The molecule has 2 rings (SSSR count). The zero-order valence-electron chi connectivity index (χ0n) is 12.0. The van der Waals surface area contributed by atoms with Crippen LogP contribution in [0.15, 0.2) is 18.2 Å². The largest absolute Gasteiger partial charge is 0.380 e. The van der Waals surface area contributed by atoms with Gasteiger partial charge in [-0.2, -0.15) is 0 Å². The van der Waals surface area contributed by atoms with Gasteiger partial charge in [0.15, 0.2) is 0 Å². The minimum Gasteiger partial charge on any atom is -0.380 e. The van der Waals surface area contributed by atoms with Crippen LogP contribution in [0.4, 0.5) is 4.39 Å². The quantitative estimate of drug-likeness (QED) is 0.929. The van der Waals surface area contributed by atoms with E-state index in [9.17, 15) is 4.39 Å². The second kappa shape index (κ2) is 6.85. The smallest absolute Gasteiger partial charge is 0.142 e. The average Bonchev–Trinajstić information content (AvgIpc) is 2.45. The number of ether oxygens (including phenoxy) is 1. The maximum Gasteiger partial charge on any atom is 0.142 e. The average molecular weight is 301 g/mol. The molecule has 1 saturated heterocycles. The molecule has 0 saturated carbocycles. The molecule has 3 unspecified atom stereocenters. The van der Waals surface area contributed by atoms with Gasteiger partial charge >= 0.3 is 0 Å². The lowest BCUT2D eigenvalue weighted by atomic mass is 9.93. The van der Waals surface area contributed by atoms with Crippen molar-refractivity contribution in [2.75, 3.05) is 26.7 Å². The molecule has 1 aliphatic heterocycles. The van der Waals surface area contributed by atoms with Crippen molar-refractivity contribution in [1.29, 1.82) is 0 Å². The molecule has 0 aromatic heterocycles. The van der Waals surface area contributed by atoms with E-state index in [0.29, 0.717) is 12.5 Å².